The first-order valence-corrected chi connectivity index (χ1v) is 8.39. The number of morpholine rings is 1. The van der Waals surface area contributed by atoms with Gasteiger partial charge >= 0.3 is 0 Å². The molecule has 1 aliphatic carbocycles. The first-order chi connectivity index (χ1) is 11.7. The Bertz CT molecular complexity index is 729. The highest BCUT2D eigenvalue weighted by Gasteiger charge is 2.28. The molecule has 2 aromatic rings. The summed E-state index contributed by atoms with van der Waals surface area (Å²) in [4.78, 5) is 16.9. The van der Waals surface area contributed by atoms with Crippen molar-refractivity contribution < 1.29 is 9.53 Å². The van der Waals surface area contributed by atoms with Gasteiger partial charge in [-0.1, -0.05) is 0 Å². The maximum absolute atomic E-state index is 12.3. The number of nitrogens with zero attached hydrogens (tertiary/aromatic N) is 2. The molecule has 1 amide bonds. The quantitative estimate of drug-likeness (QED) is 0.773. The summed E-state index contributed by atoms with van der Waals surface area (Å²) in [5, 5.41) is 13.4. The summed E-state index contributed by atoms with van der Waals surface area (Å²) in [5.41, 5.74) is 1.69. The molecular weight excluding hydrogens is 342 g/mol. The summed E-state index contributed by atoms with van der Waals surface area (Å²) >= 11 is 0. The number of amides is 1. The lowest BCUT2D eigenvalue weighted by Gasteiger charge is -2.29. The van der Waals surface area contributed by atoms with Crippen LogP contribution in [0.2, 0.25) is 0 Å². The van der Waals surface area contributed by atoms with Gasteiger partial charge in [-0.05, 0) is 44.0 Å². The van der Waals surface area contributed by atoms with E-state index >= 15 is 0 Å². The molecule has 2 atom stereocenters. The predicted octanol–water partition coefficient (Wildman–Crippen LogP) is 2.09. The third-order valence-electron chi connectivity index (χ3n) is 4.48. The van der Waals surface area contributed by atoms with Crippen molar-refractivity contribution in [1.82, 2.24) is 20.5 Å². The second kappa shape index (κ2) is 7.51. The zero-order chi connectivity index (χ0) is 16.5. The molecule has 2 fully saturated rings. The highest BCUT2D eigenvalue weighted by Crippen LogP contribution is 2.38. The van der Waals surface area contributed by atoms with Crippen LogP contribution >= 0.6 is 12.4 Å². The number of aromatic amines is 1. The van der Waals surface area contributed by atoms with E-state index in [4.69, 9.17) is 4.74 Å². The first kappa shape index (κ1) is 17.8. The topological polar surface area (TPSA) is 91.9 Å². The van der Waals surface area contributed by atoms with Crippen molar-refractivity contribution in [2.24, 2.45) is 0 Å². The minimum absolute atomic E-state index is 0. The monoisotopic (exact) mass is 363 g/mol. The van der Waals surface area contributed by atoms with E-state index in [0.29, 0.717) is 24.9 Å². The molecule has 1 aliphatic heterocycles. The van der Waals surface area contributed by atoms with Crippen molar-refractivity contribution in [1.29, 1.82) is 0 Å². The van der Waals surface area contributed by atoms with Crippen molar-refractivity contribution >= 4 is 24.0 Å². The molecule has 0 bridgehead atoms. The van der Waals surface area contributed by atoms with Gasteiger partial charge in [0.1, 0.15) is 11.9 Å². The number of carbonyl (C=O) groups excluding carboxylic acids is 1. The first-order valence-electron chi connectivity index (χ1n) is 8.39. The average molecular weight is 364 g/mol. The fourth-order valence-electron chi connectivity index (χ4n) is 2.89. The third-order valence-corrected chi connectivity index (χ3v) is 4.48. The smallest absolute Gasteiger partial charge is 0.244 e. The van der Waals surface area contributed by atoms with Crippen LogP contribution in [0.1, 0.15) is 31.5 Å². The van der Waals surface area contributed by atoms with E-state index in [1.807, 2.05) is 31.2 Å². The minimum Gasteiger partial charge on any atom is -0.375 e. The van der Waals surface area contributed by atoms with Crippen LogP contribution in [0.25, 0.3) is 11.4 Å². The Morgan fingerprint density at radius 3 is 2.72 bits per heavy atom. The Labute approximate surface area is 152 Å². The van der Waals surface area contributed by atoms with E-state index in [0.717, 1.165) is 17.1 Å². The number of benzene rings is 1. The molecule has 1 saturated carbocycles. The van der Waals surface area contributed by atoms with Crippen LogP contribution < -0.4 is 10.6 Å². The Balaban J connectivity index is 0.00000182. The molecule has 2 aliphatic rings. The van der Waals surface area contributed by atoms with Crippen LogP contribution in [0.5, 0.6) is 0 Å². The lowest BCUT2D eigenvalue weighted by Crippen LogP contribution is -2.53. The lowest BCUT2D eigenvalue weighted by molar-refractivity contribution is -0.123. The maximum atomic E-state index is 12.3. The highest BCUT2D eigenvalue weighted by molar-refractivity contribution is 5.95. The molecule has 1 aromatic heterocycles. The van der Waals surface area contributed by atoms with Crippen molar-refractivity contribution in [2.45, 2.75) is 37.8 Å². The largest absolute Gasteiger partial charge is 0.375 e. The normalized spacial score (nSPS) is 22.9. The summed E-state index contributed by atoms with van der Waals surface area (Å²) in [7, 11) is 0. The number of hydrogen-bond acceptors (Lipinski definition) is 5. The van der Waals surface area contributed by atoms with Crippen molar-refractivity contribution in [3.05, 3.63) is 30.1 Å². The number of rotatable bonds is 4. The molecule has 0 unspecified atom stereocenters. The lowest BCUT2D eigenvalue weighted by atomic mass is 10.1. The Hall–Kier alpha value is -1.96. The molecular formula is C17H22ClN5O2. The summed E-state index contributed by atoms with van der Waals surface area (Å²) < 4.78 is 5.51. The molecule has 3 N–H and O–H groups in total. The van der Waals surface area contributed by atoms with Crippen LogP contribution in [0.15, 0.2) is 24.3 Å². The van der Waals surface area contributed by atoms with Gasteiger partial charge < -0.3 is 15.4 Å². The molecule has 134 valence electrons. The van der Waals surface area contributed by atoms with Gasteiger partial charge in [0.2, 0.25) is 5.91 Å². The Kier molecular flexibility index (Phi) is 5.36. The fourth-order valence-corrected chi connectivity index (χ4v) is 2.89. The second-order valence-electron chi connectivity index (χ2n) is 6.39. The third kappa shape index (κ3) is 4.00. The molecule has 7 nitrogen and oxygen atoms in total. The van der Waals surface area contributed by atoms with E-state index in [1.54, 1.807) is 0 Å². The minimum atomic E-state index is -0.326. The number of aromatic nitrogens is 3. The summed E-state index contributed by atoms with van der Waals surface area (Å²) in [6.07, 6.45) is 2.25. The van der Waals surface area contributed by atoms with Gasteiger partial charge in [0, 0.05) is 23.7 Å². The van der Waals surface area contributed by atoms with Gasteiger partial charge in [0.05, 0.1) is 12.7 Å². The van der Waals surface area contributed by atoms with E-state index in [-0.39, 0.29) is 30.5 Å². The summed E-state index contributed by atoms with van der Waals surface area (Å²) in [6.45, 7) is 3.23. The van der Waals surface area contributed by atoms with Gasteiger partial charge in [-0.2, -0.15) is 5.10 Å². The van der Waals surface area contributed by atoms with Gasteiger partial charge in [-0.25, -0.2) is 4.98 Å². The van der Waals surface area contributed by atoms with Crippen LogP contribution in [-0.4, -0.2) is 46.4 Å². The standard InChI is InChI=1S/C17H21N5O2.ClH/c1-10-14(18-8-9-24-10)17(23)19-13-6-4-12(5-7-13)16-20-15(21-22-16)11-2-3-11;/h4-7,10-11,14,18H,2-3,8-9H2,1H3,(H,19,23)(H,20,21,22);1H/t10-,14+;/m1./s1. The number of halogens is 1. The summed E-state index contributed by atoms with van der Waals surface area (Å²) in [6, 6.07) is 7.25. The number of ether oxygens (including phenoxy) is 1. The zero-order valence-corrected chi connectivity index (χ0v) is 14.8. The van der Waals surface area contributed by atoms with E-state index in [2.05, 4.69) is 25.8 Å². The van der Waals surface area contributed by atoms with Gasteiger partial charge in [0.25, 0.3) is 0 Å². The van der Waals surface area contributed by atoms with Crippen LogP contribution in [0, 0.1) is 0 Å². The van der Waals surface area contributed by atoms with Crippen LogP contribution in [0.4, 0.5) is 5.69 Å². The number of carbonyl (C=O) groups is 1. The molecule has 25 heavy (non-hydrogen) atoms. The van der Waals surface area contributed by atoms with E-state index in [9.17, 15) is 4.79 Å². The number of anilines is 1. The second-order valence-corrected chi connectivity index (χ2v) is 6.39. The Morgan fingerprint density at radius 2 is 2.04 bits per heavy atom. The fraction of sp³-hybridized carbons (Fsp3) is 0.471. The van der Waals surface area contributed by atoms with E-state index in [1.165, 1.54) is 12.8 Å². The van der Waals surface area contributed by atoms with Crippen LogP contribution in [0.3, 0.4) is 0 Å². The molecule has 0 radical (unpaired) electrons. The van der Waals surface area contributed by atoms with Gasteiger partial charge in [-0.3, -0.25) is 9.89 Å². The van der Waals surface area contributed by atoms with E-state index < -0.39 is 0 Å². The zero-order valence-electron chi connectivity index (χ0n) is 14.0. The highest BCUT2D eigenvalue weighted by atomic mass is 35.5. The number of H-pyrrole nitrogens is 1. The van der Waals surface area contributed by atoms with Crippen molar-refractivity contribution in [2.75, 3.05) is 18.5 Å². The van der Waals surface area contributed by atoms with Crippen LogP contribution in [-0.2, 0) is 9.53 Å². The van der Waals surface area contributed by atoms with Gasteiger partial charge in [0.15, 0.2) is 5.82 Å². The van der Waals surface area contributed by atoms with Crippen molar-refractivity contribution in [3.63, 3.8) is 0 Å². The number of nitrogens with one attached hydrogen (secondary N) is 3. The van der Waals surface area contributed by atoms with Gasteiger partial charge in [-0.15, -0.1) is 12.4 Å². The van der Waals surface area contributed by atoms with Crippen molar-refractivity contribution in [3.8, 4) is 11.4 Å². The molecule has 1 saturated heterocycles. The predicted molar refractivity (Wildman–Crippen MR) is 96.9 cm³/mol. The molecule has 4 rings (SSSR count). The molecule has 2 heterocycles. The number of hydrogen-bond donors (Lipinski definition) is 3. The Morgan fingerprint density at radius 1 is 1.28 bits per heavy atom. The maximum Gasteiger partial charge on any atom is 0.244 e. The molecule has 1 aromatic carbocycles. The molecule has 8 heteroatoms. The average Bonchev–Trinajstić information content (AvgIpc) is 3.33. The molecule has 0 spiro atoms. The summed E-state index contributed by atoms with van der Waals surface area (Å²) in [5.74, 6) is 2.14. The SMILES string of the molecule is C[C@H]1OCCN[C@@H]1C(=O)Nc1ccc(-c2n[nH]c(C3CC3)n2)cc1.Cl.